The number of hydrogen-bond donors (Lipinski definition) is 0. The van der Waals surface area contributed by atoms with Crippen LogP contribution in [-0.4, -0.2) is 37.2 Å². The van der Waals surface area contributed by atoms with Gasteiger partial charge >= 0.3 is 17.9 Å². The second-order valence-electron chi connectivity index (χ2n) is 25.9. The second-order valence-corrected chi connectivity index (χ2v) is 25.9. The van der Waals surface area contributed by atoms with E-state index in [1.807, 2.05) is 0 Å². The second kappa shape index (κ2) is 71.6. The van der Waals surface area contributed by atoms with E-state index in [-0.39, 0.29) is 31.1 Å². The van der Waals surface area contributed by atoms with E-state index in [0.29, 0.717) is 19.3 Å². The molecule has 0 radical (unpaired) electrons. The van der Waals surface area contributed by atoms with Gasteiger partial charge in [-0.15, -0.1) is 0 Å². The molecule has 82 heavy (non-hydrogen) atoms. The molecule has 0 saturated heterocycles. The zero-order valence-corrected chi connectivity index (χ0v) is 56.1. The number of carbonyl (C=O) groups excluding carboxylic acids is 3. The summed E-state index contributed by atoms with van der Waals surface area (Å²) in [6, 6.07) is 0. The molecule has 6 nitrogen and oxygen atoms in total. The summed E-state index contributed by atoms with van der Waals surface area (Å²) in [7, 11) is 0. The fourth-order valence-corrected chi connectivity index (χ4v) is 11.9. The summed E-state index contributed by atoms with van der Waals surface area (Å²) in [4.78, 5) is 38.4. The van der Waals surface area contributed by atoms with E-state index in [1.54, 1.807) is 0 Å². The molecule has 0 aromatic carbocycles. The molecule has 0 aliphatic rings. The lowest BCUT2D eigenvalue weighted by Gasteiger charge is -2.18. The molecule has 0 fully saturated rings. The molecule has 1 unspecified atom stereocenters. The van der Waals surface area contributed by atoms with Gasteiger partial charge < -0.3 is 14.2 Å². The molecule has 0 bridgehead atoms. The van der Waals surface area contributed by atoms with Crippen molar-refractivity contribution < 1.29 is 28.6 Å². The van der Waals surface area contributed by atoms with Crippen molar-refractivity contribution in [2.45, 2.75) is 444 Å². The van der Waals surface area contributed by atoms with Gasteiger partial charge in [0.1, 0.15) is 13.2 Å². The van der Waals surface area contributed by atoms with Crippen LogP contribution in [0.3, 0.4) is 0 Å². The number of esters is 3. The van der Waals surface area contributed by atoms with Crippen molar-refractivity contribution in [1.29, 1.82) is 0 Å². The van der Waals surface area contributed by atoms with Gasteiger partial charge in [0, 0.05) is 19.3 Å². The van der Waals surface area contributed by atoms with E-state index in [1.165, 1.54) is 340 Å². The Morgan fingerprint density at radius 2 is 0.402 bits per heavy atom. The Bertz CT molecular complexity index is 1280. The maximum Gasteiger partial charge on any atom is 0.306 e. The van der Waals surface area contributed by atoms with Crippen molar-refractivity contribution in [3.63, 3.8) is 0 Å². The lowest BCUT2D eigenvalue weighted by atomic mass is 10.0. The highest BCUT2D eigenvalue weighted by Crippen LogP contribution is 2.20. The molecule has 0 aromatic heterocycles. The van der Waals surface area contributed by atoms with Crippen molar-refractivity contribution in [3.05, 3.63) is 12.2 Å². The van der Waals surface area contributed by atoms with Crippen LogP contribution >= 0.6 is 0 Å². The summed E-state index contributed by atoms with van der Waals surface area (Å²) in [5.74, 6) is -0.833. The molecule has 6 heteroatoms. The first kappa shape index (κ1) is 80.2. The van der Waals surface area contributed by atoms with E-state index >= 15 is 0 Å². The van der Waals surface area contributed by atoms with Crippen molar-refractivity contribution in [2.75, 3.05) is 13.2 Å². The minimum absolute atomic E-state index is 0.0648. The smallest absolute Gasteiger partial charge is 0.306 e. The normalized spacial score (nSPS) is 12.0. The monoisotopic (exact) mass is 1160 g/mol. The first-order valence-electron chi connectivity index (χ1n) is 37.7. The predicted molar refractivity (Wildman–Crippen MR) is 358 cm³/mol. The minimum Gasteiger partial charge on any atom is -0.462 e. The molecule has 0 saturated carbocycles. The largest absolute Gasteiger partial charge is 0.462 e. The van der Waals surface area contributed by atoms with Crippen molar-refractivity contribution >= 4 is 17.9 Å². The van der Waals surface area contributed by atoms with Gasteiger partial charge in [0.05, 0.1) is 0 Å². The third-order valence-electron chi connectivity index (χ3n) is 17.5. The van der Waals surface area contributed by atoms with Crippen molar-refractivity contribution in [3.8, 4) is 0 Å². The van der Waals surface area contributed by atoms with Crippen LogP contribution in [0.4, 0.5) is 0 Å². The molecule has 0 aliphatic carbocycles. The molecule has 0 spiro atoms. The van der Waals surface area contributed by atoms with Crippen molar-refractivity contribution in [2.24, 2.45) is 0 Å². The van der Waals surface area contributed by atoms with Crippen LogP contribution in [0.15, 0.2) is 12.2 Å². The maximum atomic E-state index is 12.9. The predicted octanol–water partition coefficient (Wildman–Crippen LogP) is 26.0. The standard InChI is InChI=1S/C76H146O6/c1-4-7-10-13-16-19-22-25-28-30-32-33-34-35-36-37-38-39-40-41-42-43-44-45-47-48-51-54-57-60-63-66-69-75(78)81-72-73(71-80-74(77)68-65-62-59-56-53-50-27-24-21-18-15-12-9-6-3)82-76(79)70-67-64-61-58-55-52-49-46-31-29-26-23-20-17-14-11-8-5-2/h29,31,73H,4-28,30,32-72H2,1-3H3/b31-29-. The van der Waals surface area contributed by atoms with Gasteiger partial charge in [0.15, 0.2) is 6.10 Å². The number of ether oxygens (including phenoxy) is 3. The van der Waals surface area contributed by atoms with Crippen LogP contribution in [0.2, 0.25) is 0 Å². The summed E-state index contributed by atoms with van der Waals surface area (Å²) in [6.45, 7) is 6.73. The number of rotatable bonds is 71. The maximum absolute atomic E-state index is 12.9. The SMILES string of the molecule is CCCCCCCCC/C=C\CCCCCCCCCC(=O)OC(COC(=O)CCCCCCCCCCCCCCCC)COC(=O)CCCCCCCCCCCCCCCCCCCCCCCCCCCCCCCCCC. The number of unbranched alkanes of at least 4 members (excludes halogenated alkanes) is 58. The van der Waals surface area contributed by atoms with Gasteiger partial charge in [-0.05, 0) is 44.9 Å². The third-order valence-corrected chi connectivity index (χ3v) is 17.5. The van der Waals surface area contributed by atoms with Gasteiger partial charge in [-0.1, -0.05) is 386 Å². The van der Waals surface area contributed by atoms with Gasteiger partial charge in [0.25, 0.3) is 0 Å². The van der Waals surface area contributed by atoms with Crippen molar-refractivity contribution in [1.82, 2.24) is 0 Å². The Kier molecular flexibility index (Phi) is 70.0. The van der Waals surface area contributed by atoms with Crippen LogP contribution in [0.5, 0.6) is 0 Å². The third kappa shape index (κ3) is 68.9. The number of hydrogen-bond acceptors (Lipinski definition) is 6. The Labute approximate surface area is 513 Å². The molecule has 0 aliphatic heterocycles. The Hall–Kier alpha value is -1.85. The fourth-order valence-electron chi connectivity index (χ4n) is 11.9. The zero-order chi connectivity index (χ0) is 59.2. The Morgan fingerprint density at radius 1 is 0.232 bits per heavy atom. The van der Waals surface area contributed by atoms with Crippen LogP contribution < -0.4 is 0 Å². The van der Waals surface area contributed by atoms with E-state index in [0.717, 1.165) is 57.8 Å². The van der Waals surface area contributed by atoms with E-state index in [4.69, 9.17) is 14.2 Å². The Morgan fingerprint density at radius 3 is 0.610 bits per heavy atom. The van der Waals surface area contributed by atoms with Crippen LogP contribution in [-0.2, 0) is 28.6 Å². The summed E-state index contributed by atoms with van der Waals surface area (Å²) in [6.07, 6.45) is 87.0. The molecule has 1 atom stereocenters. The fraction of sp³-hybridized carbons (Fsp3) is 0.934. The molecule has 0 aromatic rings. The zero-order valence-electron chi connectivity index (χ0n) is 56.1. The average Bonchev–Trinajstić information content (AvgIpc) is 3.48. The molecule has 0 amide bonds. The minimum atomic E-state index is -0.769. The first-order chi connectivity index (χ1) is 40.5. The molecule has 486 valence electrons. The average molecular weight is 1160 g/mol. The summed E-state index contributed by atoms with van der Waals surface area (Å²) in [5, 5.41) is 0. The quantitative estimate of drug-likeness (QED) is 0.0261. The highest BCUT2D eigenvalue weighted by molar-refractivity contribution is 5.71. The van der Waals surface area contributed by atoms with Crippen LogP contribution in [0.1, 0.15) is 438 Å². The highest BCUT2D eigenvalue weighted by atomic mass is 16.6. The number of carbonyl (C=O) groups is 3. The van der Waals surface area contributed by atoms with Gasteiger partial charge in [-0.2, -0.15) is 0 Å². The molecule has 0 N–H and O–H groups in total. The lowest BCUT2D eigenvalue weighted by molar-refractivity contribution is -0.167. The molecule has 0 heterocycles. The van der Waals surface area contributed by atoms with Gasteiger partial charge in [-0.25, -0.2) is 0 Å². The van der Waals surface area contributed by atoms with Gasteiger partial charge in [0.2, 0.25) is 0 Å². The topological polar surface area (TPSA) is 78.9 Å². The number of allylic oxidation sites excluding steroid dienone is 2. The van der Waals surface area contributed by atoms with Gasteiger partial charge in [-0.3, -0.25) is 14.4 Å². The first-order valence-corrected chi connectivity index (χ1v) is 37.7. The van der Waals surface area contributed by atoms with Crippen LogP contribution in [0, 0.1) is 0 Å². The molecular formula is C76H146O6. The van der Waals surface area contributed by atoms with E-state index < -0.39 is 6.10 Å². The summed E-state index contributed by atoms with van der Waals surface area (Å²) >= 11 is 0. The Balaban J connectivity index is 4.11. The highest BCUT2D eigenvalue weighted by Gasteiger charge is 2.20. The summed E-state index contributed by atoms with van der Waals surface area (Å²) < 4.78 is 17.0. The van der Waals surface area contributed by atoms with E-state index in [2.05, 4.69) is 32.9 Å². The lowest BCUT2D eigenvalue weighted by Crippen LogP contribution is -2.30. The van der Waals surface area contributed by atoms with E-state index in [9.17, 15) is 14.4 Å². The molecule has 0 rings (SSSR count). The summed E-state index contributed by atoms with van der Waals surface area (Å²) in [5.41, 5.74) is 0. The van der Waals surface area contributed by atoms with Crippen LogP contribution in [0.25, 0.3) is 0 Å². The molecular weight excluding hydrogens is 1010 g/mol.